The van der Waals surface area contributed by atoms with Crippen LogP contribution < -0.4 is 10.6 Å². The summed E-state index contributed by atoms with van der Waals surface area (Å²) >= 11 is 7.45. The Balaban J connectivity index is 1.58. The average molecular weight is 473 g/mol. The van der Waals surface area contributed by atoms with E-state index in [9.17, 15) is 19.7 Å². The van der Waals surface area contributed by atoms with Crippen molar-refractivity contribution in [2.24, 2.45) is 0 Å². The van der Waals surface area contributed by atoms with Crippen LogP contribution in [0.4, 0.5) is 10.5 Å². The molecule has 0 bridgehead atoms. The third-order valence-electron chi connectivity index (χ3n) is 4.75. The zero-order chi connectivity index (χ0) is 22.7. The highest BCUT2D eigenvalue weighted by atomic mass is 35.5. The number of halogens is 1. The summed E-state index contributed by atoms with van der Waals surface area (Å²) < 4.78 is 1.85. The van der Waals surface area contributed by atoms with E-state index in [4.69, 9.17) is 11.6 Å². The SMILES string of the molecule is O=C1CC(Cc2nnc(SCc3ccc([N+](=O)[O-])cc3)n2-c2ccc(Cl)cc2)NC(=O)N1. The molecule has 1 unspecified atom stereocenters. The molecule has 10 nitrogen and oxygen atoms in total. The fourth-order valence-electron chi connectivity index (χ4n) is 3.25. The number of thioether (sulfide) groups is 1. The number of carbonyl (C=O) groups excluding carboxylic acids is 2. The summed E-state index contributed by atoms with van der Waals surface area (Å²) in [6.07, 6.45) is 0.456. The molecule has 0 saturated carbocycles. The van der Waals surface area contributed by atoms with E-state index in [1.54, 1.807) is 24.3 Å². The number of benzene rings is 2. The molecule has 164 valence electrons. The van der Waals surface area contributed by atoms with Crippen LogP contribution in [-0.2, 0) is 17.0 Å². The molecule has 2 aromatic carbocycles. The number of non-ortho nitro benzene ring substituents is 1. The summed E-state index contributed by atoms with van der Waals surface area (Å²) in [6.45, 7) is 0. The van der Waals surface area contributed by atoms with Crippen LogP contribution in [0.15, 0.2) is 53.7 Å². The molecule has 0 aliphatic carbocycles. The highest BCUT2D eigenvalue weighted by Gasteiger charge is 2.26. The Labute approximate surface area is 191 Å². The number of imide groups is 1. The van der Waals surface area contributed by atoms with Gasteiger partial charge in [0.05, 0.1) is 4.92 Å². The van der Waals surface area contributed by atoms with E-state index in [1.165, 1.54) is 23.9 Å². The number of nitrogens with zero attached hydrogens (tertiary/aromatic N) is 4. The van der Waals surface area contributed by atoms with E-state index < -0.39 is 17.0 Å². The molecule has 1 aromatic heterocycles. The monoisotopic (exact) mass is 472 g/mol. The fourth-order valence-corrected chi connectivity index (χ4v) is 4.31. The third-order valence-corrected chi connectivity index (χ3v) is 6.00. The highest BCUT2D eigenvalue weighted by Crippen LogP contribution is 2.27. The van der Waals surface area contributed by atoms with E-state index >= 15 is 0 Å². The van der Waals surface area contributed by atoms with Crippen molar-refractivity contribution in [2.45, 2.75) is 29.8 Å². The van der Waals surface area contributed by atoms with Crippen molar-refractivity contribution in [1.29, 1.82) is 0 Å². The molecular weight excluding hydrogens is 456 g/mol. The smallest absolute Gasteiger partial charge is 0.321 e. The van der Waals surface area contributed by atoms with Gasteiger partial charge in [-0.1, -0.05) is 35.5 Å². The van der Waals surface area contributed by atoms with Crippen LogP contribution in [0.1, 0.15) is 17.8 Å². The zero-order valence-electron chi connectivity index (χ0n) is 16.5. The second-order valence-corrected chi connectivity index (χ2v) is 8.43. The first-order valence-electron chi connectivity index (χ1n) is 9.56. The fraction of sp³-hybridized carbons (Fsp3) is 0.200. The number of nitrogens with one attached hydrogen (secondary N) is 2. The molecule has 2 N–H and O–H groups in total. The second-order valence-electron chi connectivity index (χ2n) is 7.05. The lowest BCUT2D eigenvalue weighted by atomic mass is 10.1. The normalized spacial score (nSPS) is 15.8. The van der Waals surface area contributed by atoms with Gasteiger partial charge in [0.15, 0.2) is 5.16 Å². The summed E-state index contributed by atoms with van der Waals surface area (Å²) in [4.78, 5) is 33.8. The molecule has 12 heteroatoms. The Kier molecular flexibility index (Phi) is 6.37. The Hall–Kier alpha value is -3.44. The van der Waals surface area contributed by atoms with Gasteiger partial charge in [-0.25, -0.2) is 4.79 Å². The Morgan fingerprint density at radius 2 is 1.84 bits per heavy atom. The van der Waals surface area contributed by atoms with Crippen LogP contribution in [0.2, 0.25) is 5.02 Å². The molecule has 1 aliphatic heterocycles. The topological polar surface area (TPSA) is 132 Å². The van der Waals surface area contributed by atoms with Crippen molar-refractivity contribution < 1.29 is 14.5 Å². The second kappa shape index (κ2) is 9.37. The minimum Gasteiger partial charge on any atom is -0.334 e. The maximum Gasteiger partial charge on any atom is 0.321 e. The molecule has 1 atom stereocenters. The van der Waals surface area contributed by atoms with Gasteiger partial charge in [-0.3, -0.25) is 24.8 Å². The van der Waals surface area contributed by atoms with Crippen molar-refractivity contribution >= 4 is 41.0 Å². The number of carbonyl (C=O) groups is 2. The standard InChI is InChI=1S/C20H17ClN6O4S/c21-13-3-7-15(8-4-13)26-17(9-14-10-18(28)23-19(29)22-14)24-25-20(26)32-11-12-1-5-16(6-2-12)27(30)31/h1-8,14H,9-11H2,(H2,22,23,28,29). The molecule has 2 heterocycles. The van der Waals surface area contributed by atoms with Crippen molar-refractivity contribution in [3.05, 3.63) is 75.1 Å². The molecule has 0 radical (unpaired) electrons. The van der Waals surface area contributed by atoms with Gasteiger partial charge in [0, 0.05) is 47.5 Å². The summed E-state index contributed by atoms with van der Waals surface area (Å²) in [5, 5.41) is 25.6. The first kappa shape index (κ1) is 21.8. The van der Waals surface area contributed by atoms with E-state index in [0.717, 1.165) is 11.3 Å². The summed E-state index contributed by atoms with van der Waals surface area (Å²) in [5.41, 5.74) is 1.71. The van der Waals surface area contributed by atoms with Gasteiger partial charge in [-0.05, 0) is 29.8 Å². The van der Waals surface area contributed by atoms with Gasteiger partial charge in [-0.2, -0.15) is 0 Å². The number of nitro benzene ring substituents is 1. The van der Waals surface area contributed by atoms with Crippen molar-refractivity contribution in [3.8, 4) is 5.69 Å². The maximum atomic E-state index is 11.7. The number of amides is 3. The molecular formula is C20H17ClN6O4S. The van der Waals surface area contributed by atoms with Gasteiger partial charge in [-0.15, -0.1) is 10.2 Å². The van der Waals surface area contributed by atoms with Crippen molar-refractivity contribution in [3.63, 3.8) is 0 Å². The number of rotatable bonds is 7. The molecule has 32 heavy (non-hydrogen) atoms. The lowest BCUT2D eigenvalue weighted by Gasteiger charge is -2.23. The summed E-state index contributed by atoms with van der Waals surface area (Å²) in [7, 11) is 0. The molecule has 0 spiro atoms. The summed E-state index contributed by atoms with van der Waals surface area (Å²) in [6, 6.07) is 12.5. The van der Waals surface area contributed by atoms with Crippen LogP contribution in [0.25, 0.3) is 5.69 Å². The number of nitro groups is 1. The first-order valence-corrected chi connectivity index (χ1v) is 10.9. The van der Waals surface area contributed by atoms with Crippen LogP contribution in [0.5, 0.6) is 0 Å². The molecule has 3 aromatic rings. The molecule has 1 saturated heterocycles. The quantitative estimate of drug-likeness (QED) is 0.306. The maximum absolute atomic E-state index is 11.7. The molecule has 1 fully saturated rings. The van der Waals surface area contributed by atoms with Crippen LogP contribution >= 0.6 is 23.4 Å². The summed E-state index contributed by atoms with van der Waals surface area (Å²) in [5.74, 6) is 0.759. The van der Waals surface area contributed by atoms with Crippen LogP contribution in [0, 0.1) is 10.1 Å². The van der Waals surface area contributed by atoms with Gasteiger partial charge in [0.25, 0.3) is 5.69 Å². The Morgan fingerprint density at radius 3 is 2.50 bits per heavy atom. The average Bonchev–Trinajstić information content (AvgIpc) is 3.14. The predicted octanol–water partition coefficient (Wildman–Crippen LogP) is 3.26. The van der Waals surface area contributed by atoms with Gasteiger partial charge in [0.2, 0.25) is 5.91 Å². The molecule has 4 rings (SSSR count). The van der Waals surface area contributed by atoms with Gasteiger partial charge < -0.3 is 5.32 Å². The Bertz CT molecular complexity index is 1150. The lowest BCUT2D eigenvalue weighted by molar-refractivity contribution is -0.384. The Morgan fingerprint density at radius 1 is 1.12 bits per heavy atom. The molecule has 3 amide bonds. The van der Waals surface area contributed by atoms with E-state index in [2.05, 4.69) is 20.8 Å². The van der Waals surface area contributed by atoms with Gasteiger partial charge >= 0.3 is 6.03 Å². The van der Waals surface area contributed by atoms with Crippen LogP contribution in [-0.4, -0.2) is 37.7 Å². The lowest BCUT2D eigenvalue weighted by Crippen LogP contribution is -2.53. The first-order chi connectivity index (χ1) is 15.4. The number of urea groups is 1. The number of hydrogen-bond donors (Lipinski definition) is 2. The molecule has 1 aliphatic rings. The van der Waals surface area contributed by atoms with E-state index in [1.807, 2.05) is 16.7 Å². The van der Waals surface area contributed by atoms with E-state index in [0.29, 0.717) is 28.2 Å². The van der Waals surface area contributed by atoms with Crippen molar-refractivity contribution in [1.82, 2.24) is 25.4 Å². The predicted molar refractivity (Wildman–Crippen MR) is 118 cm³/mol. The van der Waals surface area contributed by atoms with E-state index in [-0.39, 0.29) is 18.0 Å². The van der Waals surface area contributed by atoms with Crippen LogP contribution in [0.3, 0.4) is 0 Å². The number of aromatic nitrogens is 3. The zero-order valence-corrected chi connectivity index (χ0v) is 18.1. The van der Waals surface area contributed by atoms with Gasteiger partial charge in [0.1, 0.15) is 5.82 Å². The minimum atomic E-state index is -0.531. The largest absolute Gasteiger partial charge is 0.334 e. The highest BCUT2D eigenvalue weighted by molar-refractivity contribution is 7.98. The number of hydrogen-bond acceptors (Lipinski definition) is 7. The third kappa shape index (κ3) is 5.06. The minimum absolute atomic E-state index is 0.0314. The van der Waals surface area contributed by atoms with Crippen molar-refractivity contribution in [2.75, 3.05) is 0 Å².